The van der Waals surface area contributed by atoms with Crippen molar-refractivity contribution in [3.63, 3.8) is 0 Å². The second-order valence-corrected chi connectivity index (χ2v) is 6.53. The van der Waals surface area contributed by atoms with Gasteiger partial charge in [0.25, 0.3) is 17.7 Å². The smallest absolute Gasteiger partial charge is 0.261 e. The van der Waals surface area contributed by atoms with E-state index in [1.807, 2.05) is 19.1 Å². The second kappa shape index (κ2) is 8.47. The molecule has 2 aromatic carbocycles. The number of carbonyl (C=O) groups excluding carboxylic acids is 4. The zero-order valence-corrected chi connectivity index (χ0v) is 15.5. The molecule has 4 amide bonds. The van der Waals surface area contributed by atoms with Gasteiger partial charge < -0.3 is 10.6 Å². The highest BCUT2D eigenvalue weighted by atomic mass is 16.2. The molecule has 0 aromatic heterocycles. The summed E-state index contributed by atoms with van der Waals surface area (Å²) in [6.07, 6.45) is 0.0113. The monoisotopic (exact) mass is 379 g/mol. The molecule has 0 radical (unpaired) electrons. The van der Waals surface area contributed by atoms with E-state index < -0.39 is 0 Å². The minimum Gasteiger partial charge on any atom is -0.354 e. The molecule has 0 aliphatic carbocycles. The summed E-state index contributed by atoms with van der Waals surface area (Å²) in [6.45, 7) is 2.51. The Morgan fingerprint density at radius 2 is 1.43 bits per heavy atom. The van der Waals surface area contributed by atoms with Gasteiger partial charge in [0.05, 0.1) is 11.1 Å². The summed E-state index contributed by atoms with van der Waals surface area (Å²) >= 11 is 0. The molecular formula is C21H21N3O4. The van der Waals surface area contributed by atoms with Crippen LogP contribution in [-0.2, 0) is 4.79 Å². The lowest BCUT2D eigenvalue weighted by molar-refractivity contribution is -0.121. The summed E-state index contributed by atoms with van der Waals surface area (Å²) in [7, 11) is 0. The van der Waals surface area contributed by atoms with E-state index in [0.717, 1.165) is 10.5 Å². The van der Waals surface area contributed by atoms with Crippen LogP contribution in [0.15, 0.2) is 48.5 Å². The number of hydrogen-bond acceptors (Lipinski definition) is 4. The van der Waals surface area contributed by atoms with E-state index in [2.05, 4.69) is 10.6 Å². The SMILES string of the molecule is Cc1ccc(C(=O)NCCNC(=O)CCN2C(=O)c3ccccc3C2=O)cc1. The molecule has 144 valence electrons. The van der Waals surface area contributed by atoms with Crippen LogP contribution in [0.25, 0.3) is 0 Å². The molecule has 0 unspecified atom stereocenters. The lowest BCUT2D eigenvalue weighted by atomic mass is 10.1. The largest absolute Gasteiger partial charge is 0.354 e. The zero-order valence-electron chi connectivity index (χ0n) is 15.5. The predicted octanol–water partition coefficient (Wildman–Crippen LogP) is 1.53. The molecule has 0 bridgehead atoms. The molecule has 2 aromatic rings. The van der Waals surface area contributed by atoms with Crippen LogP contribution in [0.2, 0.25) is 0 Å². The number of fused-ring (bicyclic) bond motifs is 1. The number of amides is 4. The van der Waals surface area contributed by atoms with Gasteiger partial charge in [-0.25, -0.2) is 0 Å². The van der Waals surface area contributed by atoms with Crippen molar-refractivity contribution in [1.82, 2.24) is 15.5 Å². The lowest BCUT2D eigenvalue weighted by Crippen LogP contribution is -2.37. The van der Waals surface area contributed by atoms with Crippen molar-refractivity contribution in [2.75, 3.05) is 19.6 Å². The molecule has 1 aliphatic rings. The third-order valence-electron chi connectivity index (χ3n) is 4.49. The Balaban J connectivity index is 1.38. The highest BCUT2D eigenvalue weighted by Crippen LogP contribution is 2.22. The highest BCUT2D eigenvalue weighted by Gasteiger charge is 2.34. The number of hydrogen-bond donors (Lipinski definition) is 2. The third-order valence-corrected chi connectivity index (χ3v) is 4.49. The van der Waals surface area contributed by atoms with E-state index in [0.29, 0.717) is 16.7 Å². The zero-order chi connectivity index (χ0) is 20.1. The Hall–Kier alpha value is -3.48. The van der Waals surface area contributed by atoms with Crippen LogP contribution in [0.4, 0.5) is 0 Å². The summed E-state index contributed by atoms with van der Waals surface area (Å²) in [5.74, 6) is -1.25. The van der Waals surface area contributed by atoms with Gasteiger partial charge >= 0.3 is 0 Å². The normalized spacial score (nSPS) is 12.7. The Morgan fingerprint density at radius 3 is 2.04 bits per heavy atom. The average molecular weight is 379 g/mol. The maximum absolute atomic E-state index is 12.2. The molecule has 7 heteroatoms. The molecule has 28 heavy (non-hydrogen) atoms. The van der Waals surface area contributed by atoms with E-state index in [-0.39, 0.29) is 49.7 Å². The molecule has 0 saturated carbocycles. The Labute approximate surface area is 162 Å². The maximum Gasteiger partial charge on any atom is 0.261 e. The van der Waals surface area contributed by atoms with Crippen LogP contribution < -0.4 is 10.6 Å². The molecule has 2 N–H and O–H groups in total. The minimum absolute atomic E-state index is 0.0113. The molecule has 7 nitrogen and oxygen atoms in total. The second-order valence-electron chi connectivity index (χ2n) is 6.53. The maximum atomic E-state index is 12.2. The number of imide groups is 1. The Kier molecular flexibility index (Phi) is 5.84. The van der Waals surface area contributed by atoms with Crippen LogP contribution >= 0.6 is 0 Å². The summed E-state index contributed by atoms with van der Waals surface area (Å²) in [4.78, 5) is 49.5. The number of rotatable bonds is 7. The van der Waals surface area contributed by atoms with E-state index in [4.69, 9.17) is 0 Å². The van der Waals surface area contributed by atoms with Crippen molar-refractivity contribution < 1.29 is 19.2 Å². The van der Waals surface area contributed by atoms with Gasteiger partial charge in [-0.15, -0.1) is 0 Å². The number of benzene rings is 2. The van der Waals surface area contributed by atoms with Crippen LogP contribution in [0.3, 0.4) is 0 Å². The summed E-state index contributed by atoms with van der Waals surface area (Å²) in [6, 6.07) is 13.8. The van der Waals surface area contributed by atoms with Crippen molar-refractivity contribution in [2.45, 2.75) is 13.3 Å². The summed E-state index contributed by atoms with van der Waals surface area (Å²) < 4.78 is 0. The third kappa shape index (κ3) is 4.25. The quantitative estimate of drug-likeness (QED) is 0.563. The van der Waals surface area contributed by atoms with E-state index in [1.165, 1.54) is 0 Å². The number of nitrogens with zero attached hydrogens (tertiary/aromatic N) is 1. The van der Waals surface area contributed by atoms with Crippen LogP contribution in [0.1, 0.15) is 43.1 Å². The molecular weight excluding hydrogens is 358 g/mol. The van der Waals surface area contributed by atoms with Crippen molar-refractivity contribution in [1.29, 1.82) is 0 Å². The number of nitrogens with one attached hydrogen (secondary N) is 2. The van der Waals surface area contributed by atoms with E-state index >= 15 is 0 Å². The first-order valence-electron chi connectivity index (χ1n) is 9.04. The first-order chi connectivity index (χ1) is 13.5. The molecule has 1 heterocycles. The lowest BCUT2D eigenvalue weighted by Gasteiger charge is -2.13. The topological polar surface area (TPSA) is 95.6 Å². The van der Waals surface area contributed by atoms with Crippen molar-refractivity contribution in [3.8, 4) is 0 Å². The van der Waals surface area contributed by atoms with E-state index in [1.54, 1.807) is 36.4 Å². The number of aryl methyl sites for hydroxylation is 1. The van der Waals surface area contributed by atoms with Gasteiger partial charge in [0, 0.05) is 31.6 Å². The summed E-state index contributed by atoms with van der Waals surface area (Å²) in [5.41, 5.74) is 2.36. The van der Waals surface area contributed by atoms with Gasteiger partial charge in [-0.05, 0) is 31.2 Å². The average Bonchev–Trinajstić information content (AvgIpc) is 2.94. The van der Waals surface area contributed by atoms with Crippen molar-refractivity contribution in [3.05, 3.63) is 70.8 Å². The fraction of sp³-hybridized carbons (Fsp3) is 0.238. The van der Waals surface area contributed by atoms with Crippen molar-refractivity contribution in [2.24, 2.45) is 0 Å². The highest BCUT2D eigenvalue weighted by molar-refractivity contribution is 6.21. The van der Waals surface area contributed by atoms with Gasteiger partial charge in [-0.3, -0.25) is 24.1 Å². The van der Waals surface area contributed by atoms with Crippen LogP contribution in [0.5, 0.6) is 0 Å². The first kappa shape index (κ1) is 19.3. The predicted molar refractivity (Wildman–Crippen MR) is 103 cm³/mol. The fourth-order valence-electron chi connectivity index (χ4n) is 2.93. The summed E-state index contributed by atoms with van der Waals surface area (Å²) in [5, 5.41) is 5.40. The molecule has 0 spiro atoms. The minimum atomic E-state index is -0.376. The van der Waals surface area contributed by atoms with E-state index in [9.17, 15) is 19.2 Å². The van der Waals surface area contributed by atoms with Gasteiger partial charge in [0.2, 0.25) is 5.91 Å². The first-order valence-corrected chi connectivity index (χ1v) is 9.04. The number of carbonyl (C=O) groups is 4. The molecule has 0 fully saturated rings. The van der Waals surface area contributed by atoms with Gasteiger partial charge in [0.1, 0.15) is 0 Å². The molecule has 1 aliphatic heterocycles. The van der Waals surface area contributed by atoms with Gasteiger partial charge in [0.15, 0.2) is 0 Å². The molecule has 3 rings (SSSR count). The Morgan fingerprint density at radius 1 is 0.857 bits per heavy atom. The van der Waals surface area contributed by atoms with Gasteiger partial charge in [-0.2, -0.15) is 0 Å². The standard InChI is InChI=1S/C21H21N3O4/c1-14-6-8-15(9-7-14)19(26)23-12-11-22-18(25)10-13-24-20(27)16-4-2-3-5-17(16)21(24)28/h2-9H,10-13H2,1H3,(H,22,25)(H,23,26). The Bertz CT molecular complexity index is 887. The van der Waals surface area contributed by atoms with Gasteiger partial charge in [-0.1, -0.05) is 29.8 Å². The molecule has 0 atom stereocenters. The van der Waals surface area contributed by atoms with Crippen LogP contribution in [-0.4, -0.2) is 48.2 Å². The molecule has 0 saturated heterocycles. The van der Waals surface area contributed by atoms with Crippen LogP contribution in [0, 0.1) is 6.92 Å². The van der Waals surface area contributed by atoms with Crippen molar-refractivity contribution >= 4 is 23.6 Å². The fourth-order valence-corrected chi connectivity index (χ4v) is 2.93.